The number of methoxy groups -OCH3 is 1. The van der Waals surface area contributed by atoms with Crippen molar-refractivity contribution in [2.45, 2.75) is 79.1 Å². The number of ether oxygens (including phenoxy) is 2. The van der Waals surface area contributed by atoms with Gasteiger partial charge in [-0.3, -0.25) is 9.59 Å². The first-order valence-electron chi connectivity index (χ1n) is 13.0. The average Bonchev–Trinajstić information content (AvgIpc) is 2.85. The van der Waals surface area contributed by atoms with Gasteiger partial charge in [0.1, 0.15) is 12.1 Å². The molecule has 1 heterocycles. The van der Waals surface area contributed by atoms with E-state index >= 15 is 0 Å². The highest BCUT2D eigenvalue weighted by Crippen LogP contribution is 2.23. The molecule has 0 spiro atoms. The van der Waals surface area contributed by atoms with Crippen LogP contribution in [-0.2, 0) is 23.9 Å². The van der Waals surface area contributed by atoms with Gasteiger partial charge in [-0.05, 0) is 44.4 Å². The number of cyclic esters (lactones) is 1. The number of aliphatic hydroxyl groups is 1. The molecule has 2 amide bonds. The van der Waals surface area contributed by atoms with E-state index in [1.807, 2.05) is 46.8 Å². The standard InChI is InChI=1S/C30H43ClN2O6/c1-20(19-21(2)24-16-17-25(38-7)29(37)39-24)11-8-9-13-26(35)33-27(30(4,5)6)28(36)32-18-10-12-23(34)15-14-22(3)31/h8-11,13-14,17-19,21,23-24,27,34H,12,15-16H2,1-7H3,(H,32,36)(H,33,35)/b11-8-,13-9-,18-10-,20-19+,22-14+/t21-,23+,24-,27?/m0/s1. The van der Waals surface area contributed by atoms with Crippen LogP contribution in [0.5, 0.6) is 0 Å². The third kappa shape index (κ3) is 13.5. The zero-order valence-corrected chi connectivity index (χ0v) is 24.7. The van der Waals surface area contributed by atoms with Crippen molar-refractivity contribution in [3.63, 3.8) is 0 Å². The van der Waals surface area contributed by atoms with Crippen LogP contribution in [0.2, 0.25) is 0 Å². The Morgan fingerprint density at radius 1 is 1.23 bits per heavy atom. The molecule has 1 unspecified atom stereocenters. The maximum Gasteiger partial charge on any atom is 0.373 e. The number of aliphatic hydroxyl groups excluding tert-OH is 1. The Hall–Kier alpha value is -3.10. The van der Waals surface area contributed by atoms with Crippen LogP contribution in [0.3, 0.4) is 0 Å². The minimum atomic E-state index is -0.775. The topological polar surface area (TPSA) is 114 Å². The second kappa shape index (κ2) is 16.8. The quantitative estimate of drug-likeness (QED) is 0.166. The van der Waals surface area contributed by atoms with Crippen LogP contribution in [0.15, 0.2) is 71.2 Å². The maximum atomic E-state index is 12.7. The van der Waals surface area contributed by atoms with Crippen LogP contribution >= 0.6 is 11.6 Å². The number of hydrogen-bond donors (Lipinski definition) is 3. The fourth-order valence-corrected chi connectivity index (χ4v) is 3.77. The fourth-order valence-electron chi connectivity index (χ4n) is 3.68. The van der Waals surface area contributed by atoms with Crippen LogP contribution in [0.1, 0.15) is 60.8 Å². The largest absolute Gasteiger partial charge is 0.490 e. The van der Waals surface area contributed by atoms with Crippen molar-refractivity contribution in [2.24, 2.45) is 11.3 Å². The zero-order chi connectivity index (χ0) is 29.6. The van der Waals surface area contributed by atoms with Gasteiger partial charge in [-0.2, -0.15) is 0 Å². The highest BCUT2D eigenvalue weighted by atomic mass is 35.5. The SMILES string of the molecule is COC1=CC[C@@H]([C@@H](C)/C=C(C)/C=C\C=C/C(=O)NC(C(=O)N/C=C\C[C@@H](O)C/C=C(\C)Cl)C(C)(C)C)OC1=O. The van der Waals surface area contributed by atoms with Crippen molar-refractivity contribution in [3.05, 3.63) is 71.2 Å². The minimum absolute atomic E-state index is 0.00409. The molecule has 4 atom stereocenters. The van der Waals surface area contributed by atoms with Gasteiger partial charge in [-0.25, -0.2) is 4.79 Å². The monoisotopic (exact) mass is 562 g/mol. The number of nitrogens with one attached hydrogen (secondary N) is 2. The van der Waals surface area contributed by atoms with Crippen molar-refractivity contribution in [3.8, 4) is 0 Å². The molecule has 0 bridgehead atoms. The van der Waals surface area contributed by atoms with Gasteiger partial charge in [0.25, 0.3) is 0 Å². The van der Waals surface area contributed by atoms with Crippen LogP contribution in [-0.4, -0.2) is 48.2 Å². The Bertz CT molecular complexity index is 1030. The number of halogens is 1. The molecule has 1 rings (SSSR count). The van der Waals surface area contributed by atoms with Crippen LogP contribution in [0, 0.1) is 11.3 Å². The molecule has 3 N–H and O–H groups in total. The van der Waals surface area contributed by atoms with E-state index in [2.05, 4.69) is 10.6 Å². The number of allylic oxidation sites excluding steroid dienone is 5. The summed E-state index contributed by atoms with van der Waals surface area (Å²) in [5.41, 5.74) is 0.416. The van der Waals surface area contributed by atoms with Gasteiger partial charge in [-0.15, -0.1) is 0 Å². The summed E-state index contributed by atoms with van der Waals surface area (Å²) in [5.74, 6) is -0.991. The molecule has 1 aliphatic rings. The Kier molecular flexibility index (Phi) is 14.6. The number of rotatable bonds is 13. The minimum Gasteiger partial charge on any atom is -0.490 e. The van der Waals surface area contributed by atoms with Crippen molar-refractivity contribution in [2.75, 3.05) is 7.11 Å². The number of amides is 2. The predicted molar refractivity (Wildman–Crippen MR) is 154 cm³/mol. The first-order valence-corrected chi connectivity index (χ1v) is 13.4. The third-order valence-electron chi connectivity index (χ3n) is 5.88. The lowest BCUT2D eigenvalue weighted by molar-refractivity contribution is -0.151. The molecule has 0 radical (unpaired) electrons. The molecule has 0 aromatic rings. The van der Waals surface area contributed by atoms with Crippen molar-refractivity contribution >= 4 is 29.4 Å². The second-order valence-corrected chi connectivity index (χ2v) is 11.2. The Morgan fingerprint density at radius 3 is 2.49 bits per heavy atom. The molecule has 1 aliphatic heterocycles. The van der Waals surface area contributed by atoms with Crippen LogP contribution in [0.4, 0.5) is 0 Å². The average molecular weight is 563 g/mol. The maximum absolute atomic E-state index is 12.7. The van der Waals surface area contributed by atoms with E-state index in [1.54, 1.807) is 37.3 Å². The molecular weight excluding hydrogens is 520 g/mol. The Labute approximate surface area is 237 Å². The molecule has 0 saturated carbocycles. The second-order valence-electron chi connectivity index (χ2n) is 10.6. The first kappa shape index (κ1) is 33.9. The highest BCUT2D eigenvalue weighted by molar-refractivity contribution is 6.29. The Balaban J connectivity index is 2.64. The lowest BCUT2D eigenvalue weighted by Crippen LogP contribution is -2.52. The lowest BCUT2D eigenvalue weighted by Gasteiger charge is -2.29. The van der Waals surface area contributed by atoms with E-state index < -0.39 is 29.4 Å². The van der Waals surface area contributed by atoms with Gasteiger partial charge in [0.2, 0.25) is 11.8 Å². The van der Waals surface area contributed by atoms with Gasteiger partial charge in [0.05, 0.1) is 13.2 Å². The predicted octanol–water partition coefficient (Wildman–Crippen LogP) is 4.97. The van der Waals surface area contributed by atoms with E-state index in [9.17, 15) is 19.5 Å². The molecule has 0 aliphatic carbocycles. The molecular formula is C30H43ClN2O6. The molecule has 8 nitrogen and oxygen atoms in total. The van der Waals surface area contributed by atoms with Gasteiger partial charge < -0.3 is 25.2 Å². The van der Waals surface area contributed by atoms with Gasteiger partial charge in [0, 0.05) is 23.4 Å². The zero-order valence-electron chi connectivity index (χ0n) is 24.0. The summed E-state index contributed by atoms with van der Waals surface area (Å²) in [6.45, 7) is 11.2. The number of carbonyl (C=O) groups excluding carboxylic acids is 3. The highest BCUT2D eigenvalue weighted by Gasteiger charge is 2.32. The van der Waals surface area contributed by atoms with Crippen molar-refractivity contribution in [1.29, 1.82) is 0 Å². The molecule has 0 fully saturated rings. The smallest absolute Gasteiger partial charge is 0.373 e. The molecule has 0 aromatic carbocycles. The Morgan fingerprint density at radius 2 is 1.90 bits per heavy atom. The first-order chi connectivity index (χ1) is 18.2. The normalized spacial score (nSPS) is 19.6. The molecule has 39 heavy (non-hydrogen) atoms. The van der Waals surface area contributed by atoms with E-state index in [-0.39, 0.29) is 23.7 Å². The van der Waals surface area contributed by atoms with Gasteiger partial charge in [-0.1, -0.05) is 81.3 Å². The van der Waals surface area contributed by atoms with E-state index in [0.717, 1.165) is 5.57 Å². The molecule has 216 valence electrons. The summed E-state index contributed by atoms with van der Waals surface area (Å²) >= 11 is 5.77. The lowest BCUT2D eigenvalue weighted by atomic mass is 9.86. The van der Waals surface area contributed by atoms with Crippen molar-refractivity contribution in [1.82, 2.24) is 10.6 Å². The van der Waals surface area contributed by atoms with Crippen LogP contribution < -0.4 is 10.6 Å². The summed E-state index contributed by atoms with van der Waals surface area (Å²) in [6.07, 6.45) is 15.6. The van der Waals surface area contributed by atoms with E-state index in [1.165, 1.54) is 19.4 Å². The number of carbonyl (C=O) groups is 3. The fraction of sp³-hybridized carbons (Fsp3) is 0.500. The van der Waals surface area contributed by atoms with Crippen LogP contribution in [0.25, 0.3) is 0 Å². The summed E-state index contributed by atoms with van der Waals surface area (Å²) in [4.78, 5) is 37.1. The molecule has 0 saturated heterocycles. The van der Waals surface area contributed by atoms with E-state index in [0.29, 0.717) is 24.3 Å². The molecule has 9 heteroatoms. The molecule has 0 aromatic heterocycles. The summed E-state index contributed by atoms with van der Waals surface area (Å²) in [7, 11) is 1.44. The number of esters is 1. The summed E-state index contributed by atoms with van der Waals surface area (Å²) in [5, 5.41) is 16.0. The van der Waals surface area contributed by atoms with Gasteiger partial charge >= 0.3 is 5.97 Å². The summed E-state index contributed by atoms with van der Waals surface area (Å²) in [6, 6.07) is -0.775. The summed E-state index contributed by atoms with van der Waals surface area (Å²) < 4.78 is 10.4. The number of hydrogen-bond acceptors (Lipinski definition) is 6. The van der Waals surface area contributed by atoms with Gasteiger partial charge in [0.15, 0.2) is 5.76 Å². The van der Waals surface area contributed by atoms with Crippen molar-refractivity contribution < 1.29 is 29.0 Å². The third-order valence-corrected chi connectivity index (χ3v) is 6.04. The van der Waals surface area contributed by atoms with E-state index in [4.69, 9.17) is 21.1 Å².